The Hall–Kier alpha value is -2.20. The van der Waals surface area contributed by atoms with Gasteiger partial charge in [0.1, 0.15) is 11.4 Å². The van der Waals surface area contributed by atoms with Gasteiger partial charge >= 0.3 is 0 Å². The van der Waals surface area contributed by atoms with Crippen LogP contribution in [0.15, 0.2) is 30.6 Å². The second kappa shape index (κ2) is 11.9. The molecule has 4 rings (SSSR count). The lowest BCUT2D eigenvalue weighted by Gasteiger charge is -2.36. The zero-order valence-electron chi connectivity index (χ0n) is 24.2. The van der Waals surface area contributed by atoms with E-state index in [1.54, 1.807) is 6.92 Å². The minimum Gasteiger partial charge on any atom is -0.543 e. The van der Waals surface area contributed by atoms with Crippen molar-refractivity contribution in [1.82, 2.24) is 19.6 Å². The summed E-state index contributed by atoms with van der Waals surface area (Å²) in [7, 11) is -1.98. The summed E-state index contributed by atoms with van der Waals surface area (Å²) in [6.45, 7) is 18.0. The molecule has 0 bridgehead atoms. The maximum absolute atomic E-state index is 9.42. The number of benzene rings is 1. The van der Waals surface area contributed by atoms with Gasteiger partial charge in [-0.05, 0) is 74.9 Å². The fourth-order valence-corrected chi connectivity index (χ4v) is 5.50. The van der Waals surface area contributed by atoms with Gasteiger partial charge in [-0.15, -0.1) is 0 Å². The van der Waals surface area contributed by atoms with Crippen molar-refractivity contribution in [1.29, 1.82) is 0 Å². The molecular weight excluding hydrogens is 496 g/mol. The zero-order chi connectivity index (χ0) is 27.5. The highest BCUT2D eigenvalue weighted by atomic mass is 28.4. The summed E-state index contributed by atoms with van der Waals surface area (Å²) in [4.78, 5) is 0. The van der Waals surface area contributed by atoms with Crippen LogP contribution in [0.5, 0.6) is 5.75 Å². The fourth-order valence-electron chi connectivity index (χ4n) is 4.48. The predicted molar refractivity (Wildman–Crippen MR) is 154 cm³/mol. The quantitative estimate of drug-likeness (QED) is 0.223. The standard InChI is InChI=1S/C29H46N4O4Si/c1-21(20-35-15-13-22(2)34)18-32-19-23(17-30-32)28-25-16-24(37-38(6,7)29(3,4)5)11-12-26(25)33(31-28)27-10-8-9-14-36-27/h11-12,16-17,19,21-22,27,34H,8-10,13-15,18,20H2,1-7H3/t21-,22-,27?/m1/s1. The summed E-state index contributed by atoms with van der Waals surface area (Å²) in [5.41, 5.74) is 2.94. The number of nitrogens with zero attached hydrogens (tertiary/aromatic N) is 4. The van der Waals surface area contributed by atoms with Gasteiger partial charge < -0.3 is 19.0 Å². The molecular formula is C29H46N4O4Si. The summed E-state index contributed by atoms with van der Waals surface area (Å²) in [6, 6.07) is 6.35. The summed E-state index contributed by atoms with van der Waals surface area (Å²) in [5, 5.41) is 20.3. The molecule has 3 atom stereocenters. The summed E-state index contributed by atoms with van der Waals surface area (Å²) in [5.74, 6) is 1.19. The molecule has 9 heteroatoms. The highest BCUT2D eigenvalue weighted by Crippen LogP contribution is 2.39. The van der Waals surface area contributed by atoms with Gasteiger partial charge in [0.2, 0.25) is 8.32 Å². The number of aliphatic hydroxyl groups excluding tert-OH is 1. The number of rotatable bonds is 11. The lowest BCUT2D eigenvalue weighted by Crippen LogP contribution is -2.43. The predicted octanol–water partition coefficient (Wildman–Crippen LogP) is 6.41. The Balaban J connectivity index is 1.60. The van der Waals surface area contributed by atoms with Crippen molar-refractivity contribution in [3.8, 4) is 17.0 Å². The molecule has 0 aliphatic carbocycles. The molecule has 3 heterocycles. The van der Waals surface area contributed by atoms with Gasteiger partial charge in [0.05, 0.1) is 24.4 Å². The molecule has 0 radical (unpaired) electrons. The molecule has 1 aliphatic heterocycles. The van der Waals surface area contributed by atoms with Crippen molar-refractivity contribution in [3.63, 3.8) is 0 Å². The van der Waals surface area contributed by atoms with E-state index in [9.17, 15) is 5.11 Å². The molecule has 210 valence electrons. The number of aliphatic hydroxyl groups is 1. The number of aromatic nitrogens is 4. The van der Waals surface area contributed by atoms with E-state index in [1.165, 1.54) is 0 Å². The fraction of sp³-hybridized carbons (Fsp3) is 0.655. The number of hydrogen-bond acceptors (Lipinski definition) is 6. The molecule has 0 spiro atoms. The molecule has 0 saturated carbocycles. The first-order valence-corrected chi connectivity index (χ1v) is 17.0. The Labute approximate surface area is 228 Å². The monoisotopic (exact) mass is 542 g/mol. The van der Waals surface area contributed by atoms with E-state index in [2.05, 4.69) is 75.0 Å². The van der Waals surface area contributed by atoms with Crippen LogP contribution in [0.4, 0.5) is 0 Å². The van der Waals surface area contributed by atoms with Gasteiger partial charge in [-0.2, -0.15) is 10.2 Å². The maximum atomic E-state index is 9.42. The third-order valence-corrected chi connectivity index (χ3v) is 12.1. The van der Waals surface area contributed by atoms with Crippen molar-refractivity contribution in [2.24, 2.45) is 5.92 Å². The maximum Gasteiger partial charge on any atom is 0.250 e. The van der Waals surface area contributed by atoms with Crippen LogP contribution in [0.2, 0.25) is 18.1 Å². The molecule has 1 unspecified atom stereocenters. The molecule has 38 heavy (non-hydrogen) atoms. The first-order valence-electron chi connectivity index (χ1n) is 14.1. The Morgan fingerprint density at radius 2 is 2.00 bits per heavy atom. The largest absolute Gasteiger partial charge is 0.543 e. The lowest BCUT2D eigenvalue weighted by atomic mass is 10.1. The summed E-state index contributed by atoms with van der Waals surface area (Å²) >= 11 is 0. The van der Waals surface area contributed by atoms with E-state index in [-0.39, 0.29) is 17.4 Å². The third-order valence-electron chi connectivity index (χ3n) is 7.77. The smallest absolute Gasteiger partial charge is 0.250 e. The van der Waals surface area contributed by atoms with E-state index in [0.29, 0.717) is 25.6 Å². The highest BCUT2D eigenvalue weighted by molar-refractivity contribution is 6.74. The van der Waals surface area contributed by atoms with E-state index in [1.807, 2.05) is 10.9 Å². The van der Waals surface area contributed by atoms with Gasteiger partial charge in [-0.1, -0.05) is 27.7 Å². The van der Waals surface area contributed by atoms with Crippen LogP contribution in [0.1, 0.15) is 66.5 Å². The van der Waals surface area contributed by atoms with Crippen LogP contribution in [-0.2, 0) is 16.0 Å². The van der Waals surface area contributed by atoms with Crippen LogP contribution in [0, 0.1) is 5.92 Å². The molecule has 1 fully saturated rings. The Bertz CT molecular complexity index is 1190. The van der Waals surface area contributed by atoms with Crippen molar-refractivity contribution in [3.05, 3.63) is 30.6 Å². The molecule has 0 amide bonds. The number of ether oxygens (including phenoxy) is 2. The van der Waals surface area contributed by atoms with Gasteiger partial charge in [0.15, 0.2) is 6.23 Å². The molecule has 8 nitrogen and oxygen atoms in total. The van der Waals surface area contributed by atoms with E-state index in [4.69, 9.17) is 19.0 Å². The second-order valence-electron chi connectivity index (χ2n) is 12.4. The molecule has 1 N–H and O–H groups in total. The molecule has 1 aliphatic rings. The van der Waals surface area contributed by atoms with Crippen LogP contribution in [0.3, 0.4) is 0 Å². The molecule has 1 saturated heterocycles. The second-order valence-corrected chi connectivity index (χ2v) is 17.1. The van der Waals surface area contributed by atoms with Gasteiger partial charge in [0, 0.05) is 36.9 Å². The van der Waals surface area contributed by atoms with Crippen LogP contribution in [0.25, 0.3) is 22.2 Å². The van der Waals surface area contributed by atoms with Crippen molar-refractivity contribution in [2.75, 3.05) is 19.8 Å². The van der Waals surface area contributed by atoms with Crippen molar-refractivity contribution in [2.45, 2.75) is 97.3 Å². The van der Waals surface area contributed by atoms with Crippen LogP contribution < -0.4 is 4.43 Å². The van der Waals surface area contributed by atoms with Crippen molar-refractivity contribution < 1.29 is 19.0 Å². The average molecular weight is 543 g/mol. The zero-order valence-corrected chi connectivity index (χ0v) is 25.2. The third kappa shape index (κ3) is 6.86. The average Bonchev–Trinajstić information content (AvgIpc) is 3.45. The van der Waals surface area contributed by atoms with E-state index >= 15 is 0 Å². The van der Waals surface area contributed by atoms with Crippen LogP contribution >= 0.6 is 0 Å². The Morgan fingerprint density at radius 3 is 2.68 bits per heavy atom. The van der Waals surface area contributed by atoms with E-state index in [0.717, 1.165) is 60.3 Å². The minimum absolute atomic E-state index is 0.0546. The normalized spacial score (nSPS) is 18.6. The SMILES string of the molecule is C[C@@H](COCC[C@@H](C)O)Cn1cc(-c2nn(C3CCCCO3)c3ccc(O[Si](C)(C)C(C)(C)C)cc23)cn1. The number of fused-ring (bicyclic) bond motifs is 1. The first kappa shape index (κ1) is 28.8. The molecule has 3 aromatic rings. The highest BCUT2D eigenvalue weighted by Gasteiger charge is 2.39. The van der Waals surface area contributed by atoms with Crippen LogP contribution in [-0.4, -0.2) is 58.9 Å². The molecule has 2 aromatic heterocycles. The van der Waals surface area contributed by atoms with Gasteiger partial charge in [-0.25, -0.2) is 4.68 Å². The Kier molecular flexibility index (Phi) is 9.02. The van der Waals surface area contributed by atoms with Crippen molar-refractivity contribution >= 4 is 19.2 Å². The number of hydrogen-bond donors (Lipinski definition) is 1. The first-order chi connectivity index (χ1) is 17.9. The molecule has 1 aromatic carbocycles. The van der Waals surface area contributed by atoms with E-state index < -0.39 is 8.32 Å². The topological polar surface area (TPSA) is 83.6 Å². The Morgan fingerprint density at radius 1 is 1.21 bits per heavy atom. The minimum atomic E-state index is -1.98. The summed E-state index contributed by atoms with van der Waals surface area (Å²) < 4.78 is 22.5. The van der Waals surface area contributed by atoms with Gasteiger partial charge in [0.25, 0.3) is 0 Å². The van der Waals surface area contributed by atoms with Gasteiger partial charge in [-0.3, -0.25) is 4.68 Å². The summed E-state index contributed by atoms with van der Waals surface area (Å²) in [6.07, 6.45) is 7.44. The lowest BCUT2D eigenvalue weighted by molar-refractivity contribution is -0.0365.